The Morgan fingerprint density at radius 2 is 0.880 bits per heavy atom. The smallest absolute Gasteiger partial charge is 0.127 e. The van der Waals surface area contributed by atoms with E-state index in [9.17, 15) is 10.2 Å². The van der Waals surface area contributed by atoms with E-state index in [2.05, 4.69) is 135 Å². The lowest BCUT2D eigenvalue weighted by Gasteiger charge is -2.44. The summed E-state index contributed by atoms with van der Waals surface area (Å²) in [4.78, 5) is 0. The molecule has 7 rings (SSSR count). The summed E-state index contributed by atoms with van der Waals surface area (Å²) in [6, 6.07) is 47.7. The van der Waals surface area contributed by atoms with E-state index in [-0.39, 0.29) is 13.2 Å². The molecule has 2 atom stereocenters. The molecule has 2 N–H and O–H groups in total. The van der Waals surface area contributed by atoms with Crippen molar-refractivity contribution < 1.29 is 19.7 Å². The molecule has 4 nitrogen and oxygen atoms in total. The average molecular weight is 661 g/mol. The van der Waals surface area contributed by atoms with Crippen LogP contribution in [0.2, 0.25) is 0 Å². The number of fused-ring (bicyclic) bond motifs is 2. The van der Waals surface area contributed by atoms with Crippen molar-refractivity contribution in [3.63, 3.8) is 0 Å². The first kappa shape index (κ1) is 33.3. The minimum absolute atomic E-state index is 0.195. The highest BCUT2D eigenvalue weighted by molar-refractivity contribution is 5.85. The third-order valence-corrected chi connectivity index (χ3v) is 9.70. The fourth-order valence-electron chi connectivity index (χ4n) is 7.63. The monoisotopic (exact) mass is 660 g/mol. The number of aryl methyl sites for hydroxylation is 2. The second kappa shape index (κ2) is 14.0. The average Bonchev–Trinajstić information content (AvgIpc) is 3.13. The van der Waals surface area contributed by atoms with E-state index in [1.807, 2.05) is 12.1 Å². The van der Waals surface area contributed by atoms with Crippen LogP contribution in [0.5, 0.6) is 11.5 Å². The van der Waals surface area contributed by atoms with Gasteiger partial charge in [-0.3, -0.25) is 0 Å². The molecular weight excluding hydrogens is 617 g/mol. The van der Waals surface area contributed by atoms with Crippen molar-refractivity contribution in [1.82, 2.24) is 0 Å². The first-order valence-electron chi connectivity index (χ1n) is 17.5. The third-order valence-electron chi connectivity index (χ3n) is 9.70. The number of benzene rings is 6. The molecule has 0 saturated heterocycles. The van der Waals surface area contributed by atoms with Gasteiger partial charge in [0, 0.05) is 11.1 Å². The first-order valence-corrected chi connectivity index (χ1v) is 17.5. The lowest BCUT2D eigenvalue weighted by Crippen LogP contribution is -2.37. The summed E-state index contributed by atoms with van der Waals surface area (Å²) in [6.45, 7) is 8.09. The quantitative estimate of drug-likeness (QED) is 0.154. The number of hydrogen-bond acceptors (Lipinski definition) is 4. The topological polar surface area (TPSA) is 58.9 Å². The highest BCUT2D eigenvalue weighted by Gasteiger charge is 2.46. The molecule has 4 heteroatoms. The molecule has 0 fully saturated rings. The minimum atomic E-state index is -0.741. The Morgan fingerprint density at radius 1 is 0.500 bits per heavy atom. The Labute approximate surface area is 295 Å². The van der Waals surface area contributed by atoms with Crippen LogP contribution in [-0.4, -0.2) is 35.6 Å². The van der Waals surface area contributed by atoms with E-state index in [1.165, 1.54) is 22.3 Å². The van der Waals surface area contributed by atoms with Crippen LogP contribution >= 0.6 is 0 Å². The lowest BCUT2D eigenvalue weighted by atomic mass is 9.57. The minimum Gasteiger partial charge on any atom is -0.490 e. The normalized spacial score (nSPS) is 14.3. The molecule has 6 aromatic carbocycles. The van der Waals surface area contributed by atoms with Crippen molar-refractivity contribution in [2.24, 2.45) is 0 Å². The zero-order valence-corrected chi connectivity index (χ0v) is 29.2. The molecule has 1 aliphatic rings. The molecule has 0 heterocycles. The van der Waals surface area contributed by atoms with Crippen molar-refractivity contribution in [2.75, 3.05) is 13.2 Å². The van der Waals surface area contributed by atoms with E-state index in [4.69, 9.17) is 9.47 Å². The standard InChI is InChI=1S/C46H44O4/c1-30-21-23-44(49-28-32(3)47)38(25-30)36-15-7-11-19-42(36)46(40-17-9-5-13-34(40)27-35-14-6-10-18-41(35)46)43-20-12-8-16-37(43)39-26-31(2)22-24-45(39)50-29-33(4)48/h5-26,32-33,47-48H,27-29H2,1-4H3. The van der Waals surface area contributed by atoms with Crippen LogP contribution < -0.4 is 9.47 Å². The summed E-state index contributed by atoms with van der Waals surface area (Å²) in [7, 11) is 0. The highest BCUT2D eigenvalue weighted by Crippen LogP contribution is 2.56. The van der Waals surface area contributed by atoms with Crippen LogP contribution in [0.4, 0.5) is 0 Å². The fourth-order valence-corrected chi connectivity index (χ4v) is 7.63. The van der Waals surface area contributed by atoms with Gasteiger partial charge in [0.1, 0.15) is 24.7 Å². The van der Waals surface area contributed by atoms with Gasteiger partial charge in [-0.05, 0) is 103 Å². The van der Waals surface area contributed by atoms with Gasteiger partial charge in [-0.15, -0.1) is 0 Å². The van der Waals surface area contributed by atoms with Crippen molar-refractivity contribution in [1.29, 1.82) is 0 Å². The van der Waals surface area contributed by atoms with Crippen molar-refractivity contribution in [3.8, 4) is 33.8 Å². The SMILES string of the molecule is Cc1ccc(OCC(C)O)c(-c2ccccc2C2(c3ccccc3-c3cc(C)ccc3OCC(C)O)c3ccccc3Cc3ccccc32)c1. The van der Waals surface area contributed by atoms with Crippen LogP contribution in [0, 0.1) is 13.8 Å². The van der Waals surface area contributed by atoms with E-state index in [1.54, 1.807) is 13.8 Å². The van der Waals surface area contributed by atoms with Crippen molar-refractivity contribution >= 4 is 0 Å². The summed E-state index contributed by atoms with van der Waals surface area (Å²) >= 11 is 0. The van der Waals surface area contributed by atoms with Gasteiger partial charge in [0.25, 0.3) is 0 Å². The largest absolute Gasteiger partial charge is 0.490 e. The first-order chi connectivity index (χ1) is 24.3. The number of hydrogen-bond donors (Lipinski definition) is 2. The van der Waals surface area contributed by atoms with Gasteiger partial charge >= 0.3 is 0 Å². The summed E-state index contributed by atoms with van der Waals surface area (Å²) in [5, 5.41) is 20.4. The molecule has 0 bridgehead atoms. The van der Waals surface area contributed by atoms with Crippen molar-refractivity contribution in [2.45, 2.75) is 51.7 Å². The zero-order valence-electron chi connectivity index (χ0n) is 29.2. The predicted octanol–water partition coefficient (Wildman–Crippen LogP) is 9.44. The van der Waals surface area contributed by atoms with Crippen LogP contribution in [0.15, 0.2) is 133 Å². The molecule has 252 valence electrons. The highest BCUT2D eigenvalue weighted by atomic mass is 16.5. The van der Waals surface area contributed by atoms with Gasteiger partial charge in [-0.25, -0.2) is 0 Å². The Balaban J connectivity index is 1.61. The van der Waals surface area contributed by atoms with Crippen molar-refractivity contribution in [3.05, 3.63) is 178 Å². The second-order valence-corrected chi connectivity index (χ2v) is 13.7. The summed E-state index contributed by atoms with van der Waals surface area (Å²) in [5.41, 5.74) is 12.9. The van der Waals surface area contributed by atoms with Crippen LogP contribution in [0.3, 0.4) is 0 Å². The molecule has 6 aromatic rings. The molecule has 0 aromatic heterocycles. The molecular formula is C46H44O4. The molecule has 0 aliphatic heterocycles. The van der Waals surface area contributed by atoms with Gasteiger partial charge in [0.2, 0.25) is 0 Å². The molecule has 2 unspecified atom stereocenters. The Kier molecular flexibility index (Phi) is 9.33. The second-order valence-electron chi connectivity index (χ2n) is 13.7. The number of ether oxygens (including phenoxy) is 2. The molecule has 0 amide bonds. The number of rotatable bonds is 10. The van der Waals surface area contributed by atoms with Gasteiger partial charge < -0.3 is 19.7 Å². The predicted molar refractivity (Wildman–Crippen MR) is 202 cm³/mol. The van der Waals surface area contributed by atoms with E-state index < -0.39 is 17.6 Å². The van der Waals surface area contributed by atoms with Crippen LogP contribution in [-0.2, 0) is 11.8 Å². The Hall–Kier alpha value is -5.16. The molecule has 0 radical (unpaired) electrons. The Bertz CT molecular complexity index is 1990. The third kappa shape index (κ3) is 6.10. The summed E-state index contributed by atoms with van der Waals surface area (Å²) in [6.07, 6.45) is -0.373. The van der Waals surface area contributed by atoms with E-state index >= 15 is 0 Å². The zero-order chi connectivity index (χ0) is 34.8. The van der Waals surface area contributed by atoms with Gasteiger partial charge in [-0.2, -0.15) is 0 Å². The molecule has 1 aliphatic carbocycles. The Morgan fingerprint density at radius 3 is 1.30 bits per heavy atom. The van der Waals surface area contributed by atoms with E-state index in [0.29, 0.717) is 0 Å². The van der Waals surface area contributed by atoms with Gasteiger partial charge in [-0.1, -0.05) is 120 Å². The summed E-state index contributed by atoms with van der Waals surface area (Å²) < 4.78 is 12.6. The number of aliphatic hydroxyl groups is 2. The maximum atomic E-state index is 10.2. The lowest BCUT2D eigenvalue weighted by molar-refractivity contribution is 0.123. The maximum absolute atomic E-state index is 10.2. The van der Waals surface area contributed by atoms with Gasteiger partial charge in [0.15, 0.2) is 0 Å². The maximum Gasteiger partial charge on any atom is 0.127 e. The fraction of sp³-hybridized carbons (Fsp3) is 0.217. The number of aliphatic hydroxyl groups excluding tert-OH is 2. The molecule has 50 heavy (non-hydrogen) atoms. The summed E-state index contributed by atoms with van der Waals surface area (Å²) in [5.74, 6) is 1.47. The van der Waals surface area contributed by atoms with Crippen LogP contribution in [0.1, 0.15) is 58.4 Å². The van der Waals surface area contributed by atoms with Gasteiger partial charge in [0.05, 0.1) is 17.6 Å². The molecule has 0 saturated carbocycles. The van der Waals surface area contributed by atoms with E-state index in [0.717, 1.165) is 62.4 Å². The molecule has 0 spiro atoms. The van der Waals surface area contributed by atoms with Crippen LogP contribution in [0.25, 0.3) is 22.3 Å².